The molecule has 0 unspecified atom stereocenters. The van der Waals surface area contributed by atoms with Crippen molar-refractivity contribution >= 4 is 29.0 Å². The first-order valence-electron chi connectivity index (χ1n) is 7.08. The minimum atomic E-state index is -0.222. The SMILES string of the molecule is O=C(NCCSCc1cccs1)c1cc(-c2cccnc2)on1. The summed E-state index contributed by atoms with van der Waals surface area (Å²) in [6, 6.07) is 9.46. The molecule has 1 N–H and O–H groups in total. The normalized spacial score (nSPS) is 10.6. The fourth-order valence-corrected chi connectivity index (χ4v) is 3.62. The summed E-state index contributed by atoms with van der Waals surface area (Å²) in [5, 5.41) is 8.73. The van der Waals surface area contributed by atoms with Gasteiger partial charge in [0.25, 0.3) is 5.91 Å². The molecule has 0 spiro atoms. The molecule has 0 aliphatic rings. The second kappa shape index (κ2) is 7.94. The number of nitrogens with one attached hydrogen (secondary N) is 1. The maximum Gasteiger partial charge on any atom is 0.273 e. The number of rotatable bonds is 7. The maximum atomic E-state index is 12.0. The zero-order chi connectivity index (χ0) is 15.9. The molecule has 3 rings (SSSR count). The molecule has 0 saturated carbocycles. The number of hydrogen-bond donors (Lipinski definition) is 1. The molecule has 0 atom stereocenters. The summed E-state index contributed by atoms with van der Waals surface area (Å²) in [6.07, 6.45) is 3.35. The van der Waals surface area contributed by atoms with E-state index in [-0.39, 0.29) is 11.6 Å². The molecule has 0 aliphatic heterocycles. The molecular weight excluding hydrogens is 330 g/mol. The molecule has 1 amide bonds. The van der Waals surface area contributed by atoms with Gasteiger partial charge >= 0.3 is 0 Å². The third kappa shape index (κ3) is 4.43. The largest absolute Gasteiger partial charge is 0.355 e. The van der Waals surface area contributed by atoms with Crippen molar-refractivity contribution in [3.05, 3.63) is 58.7 Å². The van der Waals surface area contributed by atoms with Crippen LogP contribution in [0.2, 0.25) is 0 Å². The lowest BCUT2D eigenvalue weighted by Crippen LogP contribution is -2.25. The first kappa shape index (κ1) is 15.8. The number of thioether (sulfide) groups is 1. The van der Waals surface area contributed by atoms with Crippen LogP contribution in [-0.2, 0) is 5.75 Å². The summed E-state index contributed by atoms with van der Waals surface area (Å²) in [7, 11) is 0. The molecule has 0 saturated heterocycles. The number of carbonyl (C=O) groups is 1. The van der Waals surface area contributed by atoms with Crippen LogP contribution in [0.4, 0.5) is 0 Å². The molecule has 5 nitrogen and oxygen atoms in total. The Hall–Kier alpha value is -2.12. The summed E-state index contributed by atoms with van der Waals surface area (Å²) in [5.74, 6) is 2.15. The van der Waals surface area contributed by atoms with E-state index in [0.717, 1.165) is 17.1 Å². The Balaban J connectivity index is 1.44. The smallest absolute Gasteiger partial charge is 0.273 e. The van der Waals surface area contributed by atoms with E-state index in [4.69, 9.17) is 4.52 Å². The summed E-state index contributed by atoms with van der Waals surface area (Å²) < 4.78 is 5.19. The highest BCUT2D eigenvalue weighted by Crippen LogP contribution is 2.19. The van der Waals surface area contributed by atoms with E-state index >= 15 is 0 Å². The second-order valence-electron chi connectivity index (χ2n) is 4.71. The number of thiophene rings is 1. The molecule has 118 valence electrons. The van der Waals surface area contributed by atoms with Crippen molar-refractivity contribution in [1.29, 1.82) is 0 Å². The van der Waals surface area contributed by atoms with Gasteiger partial charge in [-0.1, -0.05) is 11.2 Å². The molecule has 23 heavy (non-hydrogen) atoms. The molecule has 0 bridgehead atoms. The number of amides is 1. The zero-order valence-corrected chi connectivity index (χ0v) is 13.9. The van der Waals surface area contributed by atoms with Crippen LogP contribution in [0.25, 0.3) is 11.3 Å². The zero-order valence-electron chi connectivity index (χ0n) is 12.3. The van der Waals surface area contributed by atoms with Crippen molar-refractivity contribution in [3.63, 3.8) is 0 Å². The van der Waals surface area contributed by atoms with Gasteiger partial charge in [-0.2, -0.15) is 11.8 Å². The Bertz CT molecular complexity index is 742. The Morgan fingerprint density at radius 3 is 3.09 bits per heavy atom. The molecule has 0 aliphatic carbocycles. The highest BCUT2D eigenvalue weighted by Gasteiger charge is 2.13. The van der Waals surface area contributed by atoms with Crippen LogP contribution in [0.3, 0.4) is 0 Å². The topological polar surface area (TPSA) is 68.0 Å². The molecule has 7 heteroatoms. The van der Waals surface area contributed by atoms with Crippen LogP contribution in [0, 0.1) is 0 Å². The Morgan fingerprint density at radius 2 is 2.30 bits per heavy atom. The average molecular weight is 345 g/mol. The predicted octanol–water partition coefficient (Wildman–Crippen LogP) is 3.46. The van der Waals surface area contributed by atoms with E-state index in [1.807, 2.05) is 18.2 Å². The maximum absolute atomic E-state index is 12.0. The first-order chi connectivity index (χ1) is 11.3. The van der Waals surface area contributed by atoms with Crippen molar-refractivity contribution in [3.8, 4) is 11.3 Å². The van der Waals surface area contributed by atoms with Crippen LogP contribution in [-0.4, -0.2) is 28.3 Å². The molecule has 3 heterocycles. The fraction of sp³-hybridized carbons (Fsp3) is 0.188. The number of aromatic nitrogens is 2. The van der Waals surface area contributed by atoms with Gasteiger partial charge in [0, 0.05) is 47.0 Å². The predicted molar refractivity (Wildman–Crippen MR) is 92.5 cm³/mol. The van der Waals surface area contributed by atoms with Crippen LogP contribution in [0.5, 0.6) is 0 Å². The lowest BCUT2D eigenvalue weighted by atomic mass is 10.2. The van der Waals surface area contributed by atoms with Crippen molar-refractivity contribution in [2.45, 2.75) is 5.75 Å². The number of pyridine rings is 1. The quantitative estimate of drug-likeness (QED) is 0.664. The lowest BCUT2D eigenvalue weighted by molar-refractivity contribution is 0.0947. The summed E-state index contributed by atoms with van der Waals surface area (Å²) in [5.41, 5.74) is 1.08. The minimum absolute atomic E-state index is 0.222. The van der Waals surface area contributed by atoms with Crippen molar-refractivity contribution in [2.75, 3.05) is 12.3 Å². The Kier molecular flexibility index (Phi) is 5.44. The van der Waals surface area contributed by atoms with Gasteiger partial charge < -0.3 is 9.84 Å². The Morgan fingerprint density at radius 1 is 1.35 bits per heavy atom. The number of carbonyl (C=O) groups excluding carboxylic acids is 1. The monoisotopic (exact) mass is 345 g/mol. The second-order valence-corrected chi connectivity index (χ2v) is 6.84. The number of hydrogen-bond acceptors (Lipinski definition) is 6. The van der Waals surface area contributed by atoms with E-state index in [9.17, 15) is 4.79 Å². The van der Waals surface area contributed by atoms with Crippen LogP contribution < -0.4 is 5.32 Å². The summed E-state index contributed by atoms with van der Waals surface area (Å²) in [6.45, 7) is 0.601. The van der Waals surface area contributed by atoms with Gasteiger partial charge in [0.2, 0.25) is 0 Å². The van der Waals surface area contributed by atoms with Crippen LogP contribution in [0.1, 0.15) is 15.4 Å². The standard InChI is InChI=1S/C16H15N3O2S2/c20-16(18-6-8-22-11-13-4-2-7-23-13)14-9-15(21-19-14)12-3-1-5-17-10-12/h1-5,7,9-10H,6,8,11H2,(H,18,20). The molecule has 0 aromatic carbocycles. The van der Waals surface area contributed by atoms with Crippen molar-refractivity contribution in [2.24, 2.45) is 0 Å². The van der Waals surface area contributed by atoms with Gasteiger partial charge in [-0.25, -0.2) is 0 Å². The first-order valence-corrected chi connectivity index (χ1v) is 9.12. The number of nitrogens with zero attached hydrogens (tertiary/aromatic N) is 2. The third-order valence-corrected chi connectivity index (χ3v) is 5.11. The van der Waals surface area contributed by atoms with Gasteiger partial charge in [0.05, 0.1) is 0 Å². The summed E-state index contributed by atoms with van der Waals surface area (Å²) >= 11 is 3.54. The minimum Gasteiger partial charge on any atom is -0.355 e. The average Bonchev–Trinajstić information content (AvgIpc) is 3.27. The molecule has 0 fully saturated rings. The molecular formula is C16H15N3O2S2. The van der Waals surface area contributed by atoms with Gasteiger partial charge in [-0.15, -0.1) is 11.3 Å². The highest BCUT2D eigenvalue weighted by atomic mass is 32.2. The van der Waals surface area contributed by atoms with Crippen LogP contribution in [0.15, 0.2) is 52.6 Å². The van der Waals surface area contributed by atoms with Gasteiger partial charge in [0.15, 0.2) is 11.5 Å². The van der Waals surface area contributed by atoms with E-state index < -0.39 is 0 Å². The molecule has 0 radical (unpaired) electrons. The van der Waals surface area contributed by atoms with E-state index in [0.29, 0.717) is 12.3 Å². The fourth-order valence-electron chi connectivity index (χ4n) is 1.92. The van der Waals surface area contributed by atoms with Crippen molar-refractivity contribution < 1.29 is 9.32 Å². The van der Waals surface area contributed by atoms with E-state index in [2.05, 4.69) is 26.9 Å². The highest BCUT2D eigenvalue weighted by molar-refractivity contribution is 7.98. The molecule has 3 aromatic rings. The van der Waals surface area contributed by atoms with Crippen molar-refractivity contribution in [1.82, 2.24) is 15.5 Å². The van der Waals surface area contributed by atoms with E-state index in [1.54, 1.807) is 41.6 Å². The van der Waals surface area contributed by atoms with Gasteiger partial charge in [-0.3, -0.25) is 9.78 Å². The summed E-state index contributed by atoms with van der Waals surface area (Å²) in [4.78, 5) is 17.4. The molecule has 3 aromatic heterocycles. The lowest BCUT2D eigenvalue weighted by Gasteiger charge is -2.02. The van der Waals surface area contributed by atoms with Crippen LogP contribution >= 0.6 is 23.1 Å². The van der Waals surface area contributed by atoms with Gasteiger partial charge in [-0.05, 0) is 23.6 Å². The van der Waals surface area contributed by atoms with E-state index in [1.165, 1.54) is 4.88 Å². The van der Waals surface area contributed by atoms with Gasteiger partial charge in [0.1, 0.15) is 0 Å². The Labute approximate surface area is 142 Å². The third-order valence-electron chi connectivity index (χ3n) is 3.05.